The standard InChI is InChI=1S/C12H22N2O2/c1-11(16)14(8-4-10-15)9-6-12-5-3-7-13(12)2/h10,12H,3-9H2,1-2H3/t12-/m1/s1. The van der Waals surface area contributed by atoms with E-state index < -0.39 is 0 Å². The monoisotopic (exact) mass is 226 g/mol. The third-order valence-corrected chi connectivity index (χ3v) is 3.37. The minimum Gasteiger partial charge on any atom is -0.342 e. The number of hydrogen-bond acceptors (Lipinski definition) is 3. The zero-order valence-corrected chi connectivity index (χ0v) is 10.3. The first-order valence-electron chi connectivity index (χ1n) is 6.04. The fourth-order valence-electron chi connectivity index (χ4n) is 2.28. The second kappa shape index (κ2) is 6.63. The van der Waals surface area contributed by atoms with Crippen LogP contribution in [-0.4, -0.2) is 54.7 Å². The summed E-state index contributed by atoms with van der Waals surface area (Å²) >= 11 is 0. The van der Waals surface area contributed by atoms with Crippen molar-refractivity contribution in [3.63, 3.8) is 0 Å². The molecule has 0 saturated carbocycles. The zero-order valence-electron chi connectivity index (χ0n) is 10.3. The molecule has 1 rings (SSSR count). The van der Waals surface area contributed by atoms with Gasteiger partial charge in [0, 0.05) is 32.5 Å². The molecule has 1 amide bonds. The van der Waals surface area contributed by atoms with Crippen molar-refractivity contribution in [3.8, 4) is 0 Å². The molecule has 1 fully saturated rings. The molecule has 92 valence electrons. The molecule has 1 aliphatic rings. The summed E-state index contributed by atoms with van der Waals surface area (Å²) in [4.78, 5) is 25.8. The van der Waals surface area contributed by atoms with Crippen molar-refractivity contribution in [2.45, 2.75) is 38.6 Å². The highest BCUT2D eigenvalue weighted by Gasteiger charge is 2.21. The van der Waals surface area contributed by atoms with E-state index in [2.05, 4.69) is 11.9 Å². The van der Waals surface area contributed by atoms with E-state index in [-0.39, 0.29) is 5.91 Å². The van der Waals surface area contributed by atoms with Gasteiger partial charge in [-0.1, -0.05) is 0 Å². The Morgan fingerprint density at radius 3 is 2.75 bits per heavy atom. The van der Waals surface area contributed by atoms with Crippen LogP contribution >= 0.6 is 0 Å². The Morgan fingerprint density at radius 2 is 2.25 bits per heavy atom. The zero-order chi connectivity index (χ0) is 12.0. The van der Waals surface area contributed by atoms with Gasteiger partial charge in [-0.15, -0.1) is 0 Å². The molecule has 0 radical (unpaired) electrons. The first-order chi connectivity index (χ1) is 7.65. The maximum Gasteiger partial charge on any atom is 0.219 e. The van der Waals surface area contributed by atoms with E-state index >= 15 is 0 Å². The molecule has 0 aliphatic carbocycles. The largest absolute Gasteiger partial charge is 0.342 e. The molecule has 4 nitrogen and oxygen atoms in total. The van der Waals surface area contributed by atoms with Gasteiger partial charge < -0.3 is 14.6 Å². The average molecular weight is 226 g/mol. The van der Waals surface area contributed by atoms with E-state index in [9.17, 15) is 9.59 Å². The number of rotatable bonds is 6. The van der Waals surface area contributed by atoms with Crippen LogP contribution in [0.5, 0.6) is 0 Å². The van der Waals surface area contributed by atoms with E-state index in [0.717, 1.165) is 19.3 Å². The molecule has 0 aromatic heterocycles. The SMILES string of the molecule is CC(=O)N(CCC=O)CC[C@H]1CCCN1C. The van der Waals surface area contributed by atoms with Crippen LogP contribution in [0.15, 0.2) is 0 Å². The van der Waals surface area contributed by atoms with Gasteiger partial charge in [-0.3, -0.25) is 4.79 Å². The second-order valence-corrected chi connectivity index (χ2v) is 4.53. The van der Waals surface area contributed by atoms with Crippen LogP contribution in [0.2, 0.25) is 0 Å². The van der Waals surface area contributed by atoms with Crippen molar-refractivity contribution in [1.82, 2.24) is 9.80 Å². The van der Waals surface area contributed by atoms with Crippen LogP contribution in [0.1, 0.15) is 32.6 Å². The van der Waals surface area contributed by atoms with Crippen molar-refractivity contribution < 1.29 is 9.59 Å². The molecule has 1 saturated heterocycles. The fourth-order valence-corrected chi connectivity index (χ4v) is 2.28. The summed E-state index contributed by atoms with van der Waals surface area (Å²) in [7, 11) is 2.14. The van der Waals surface area contributed by atoms with Crippen molar-refractivity contribution >= 4 is 12.2 Å². The molecule has 0 spiro atoms. The van der Waals surface area contributed by atoms with Crippen LogP contribution in [0.3, 0.4) is 0 Å². The minimum atomic E-state index is 0.0718. The Balaban J connectivity index is 2.31. The Kier molecular flexibility index (Phi) is 5.46. The summed E-state index contributed by atoms with van der Waals surface area (Å²) in [5.41, 5.74) is 0. The summed E-state index contributed by atoms with van der Waals surface area (Å²) in [6.07, 6.45) is 4.83. The van der Waals surface area contributed by atoms with Crippen LogP contribution in [0.25, 0.3) is 0 Å². The highest BCUT2D eigenvalue weighted by Crippen LogP contribution is 2.18. The van der Waals surface area contributed by atoms with Gasteiger partial charge in [0.2, 0.25) is 5.91 Å². The van der Waals surface area contributed by atoms with Gasteiger partial charge in [-0.25, -0.2) is 0 Å². The Morgan fingerprint density at radius 1 is 1.50 bits per heavy atom. The lowest BCUT2D eigenvalue weighted by molar-refractivity contribution is -0.129. The molecule has 0 aromatic rings. The topological polar surface area (TPSA) is 40.6 Å². The average Bonchev–Trinajstić information content (AvgIpc) is 2.64. The fraction of sp³-hybridized carbons (Fsp3) is 0.833. The van der Waals surface area contributed by atoms with Gasteiger partial charge in [0.25, 0.3) is 0 Å². The molecule has 0 N–H and O–H groups in total. The van der Waals surface area contributed by atoms with Gasteiger partial charge in [0.05, 0.1) is 0 Å². The number of hydrogen-bond donors (Lipinski definition) is 0. The number of nitrogens with zero attached hydrogens (tertiary/aromatic N) is 2. The predicted octanol–water partition coefficient (Wildman–Crippen LogP) is 0.908. The summed E-state index contributed by atoms with van der Waals surface area (Å²) < 4.78 is 0. The highest BCUT2D eigenvalue weighted by molar-refractivity contribution is 5.73. The number of likely N-dealkylation sites (tertiary alicyclic amines) is 1. The van der Waals surface area contributed by atoms with Crippen molar-refractivity contribution in [2.24, 2.45) is 0 Å². The molecular formula is C12H22N2O2. The lowest BCUT2D eigenvalue weighted by atomic mass is 10.1. The highest BCUT2D eigenvalue weighted by atomic mass is 16.2. The number of carbonyl (C=O) groups is 2. The smallest absolute Gasteiger partial charge is 0.219 e. The normalized spacial score (nSPS) is 21.0. The van der Waals surface area contributed by atoms with Crippen LogP contribution in [0, 0.1) is 0 Å². The number of amides is 1. The van der Waals surface area contributed by atoms with Crippen molar-refractivity contribution in [3.05, 3.63) is 0 Å². The molecule has 0 bridgehead atoms. The lowest BCUT2D eigenvalue weighted by Gasteiger charge is -2.25. The molecule has 1 aliphatic heterocycles. The van der Waals surface area contributed by atoms with E-state index in [1.54, 1.807) is 11.8 Å². The summed E-state index contributed by atoms with van der Waals surface area (Å²) in [6.45, 7) is 4.08. The van der Waals surface area contributed by atoms with E-state index in [0.29, 0.717) is 19.0 Å². The van der Waals surface area contributed by atoms with Gasteiger partial charge in [0.1, 0.15) is 6.29 Å². The molecule has 1 heterocycles. The van der Waals surface area contributed by atoms with Crippen molar-refractivity contribution in [1.29, 1.82) is 0 Å². The van der Waals surface area contributed by atoms with Crippen molar-refractivity contribution in [2.75, 3.05) is 26.7 Å². The van der Waals surface area contributed by atoms with E-state index in [4.69, 9.17) is 0 Å². The third-order valence-electron chi connectivity index (χ3n) is 3.37. The van der Waals surface area contributed by atoms with Gasteiger partial charge >= 0.3 is 0 Å². The van der Waals surface area contributed by atoms with Crippen LogP contribution in [0.4, 0.5) is 0 Å². The molecule has 1 atom stereocenters. The van der Waals surface area contributed by atoms with Gasteiger partial charge in [-0.2, -0.15) is 0 Å². The Bertz CT molecular complexity index is 243. The van der Waals surface area contributed by atoms with Crippen LogP contribution < -0.4 is 0 Å². The maximum atomic E-state index is 11.3. The van der Waals surface area contributed by atoms with Gasteiger partial charge in [0.15, 0.2) is 0 Å². The predicted molar refractivity (Wildman–Crippen MR) is 63.2 cm³/mol. The quantitative estimate of drug-likeness (QED) is 0.632. The summed E-state index contributed by atoms with van der Waals surface area (Å²) in [5.74, 6) is 0.0718. The maximum absolute atomic E-state index is 11.3. The lowest BCUT2D eigenvalue weighted by Crippen LogP contribution is -2.35. The molecule has 16 heavy (non-hydrogen) atoms. The van der Waals surface area contributed by atoms with Crippen LogP contribution in [-0.2, 0) is 9.59 Å². The second-order valence-electron chi connectivity index (χ2n) is 4.53. The first kappa shape index (κ1) is 13.2. The Hall–Kier alpha value is -0.900. The number of aldehydes is 1. The van der Waals surface area contributed by atoms with E-state index in [1.165, 1.54) is 19.4 Å². The first-order valence-corrected chi connectivity index (χ1v) is 6.04. The Labute approximate surface area is 97.6 Å². The molecule has 0 unspecified atom stereocenters. The molecule has 4 heteroatoms. The third kappa shape index (κ3) is 3.93. The number of carbonyl (C=O) groups excluding carboxylic acids is 2. The molecule has 0 aromatic carbocycles. The van der Waals surface area contributed by atoms with Gasteiger partial charge in [-0.05, 0) is 32.9 Å². The minimum absolute atomic E-state index is 0.0718. The molecular weight excluding hydrogens is 204 g/mol. The summed E-state index contributed by atoms with van der Waals surface area (Å²) in [5, 5.41) is 0. The van der Waals surface area contributed by atoms with E-state index in [1.807, 2.05) is 0 Å². The summed E-state index contributed by atoms with van der Waals surface area (Å²) in [6, 6.07) is 0.609.